The second-order valence-electron chi connectivity index (χ2n) is 3.71. The van der Waals surface area contributed by atoms with Gasteiger partial charge in [-0.1, -0.05) is 0 Å². The van der Waals surface area contributed by atoms with Crippen molar-refractivity contribution in [2.75, 3.05) is 0 Å². The molecule has 0 aromatic heterocycles. The van der Waals surface area contributed by atoms with Crippen molar-refractivity contribution in [3.8, 4) is 0 Å². The van der Waals surface area contributed by atoms with Crippen LogP contribution in [-0.2, 0) is 27.6 Å². The van der Waals surface area contributed by atoms with Crippen molar-refractivity contribution < 1.29 is 47.4 Å². The maximum Gasteiger partial charge on any atom is 0.508 e. The Hall–Kier alpha value is -1.35. The van der Waals surface area contributed by atoms with Gasteiger partial charge in [0.1, 0.15) is 0 Å². The number of hydrogen-bond donors (Lipinski definition) is 2. The van der Waals surface area contributed by atoms with Crippen LogP contribution in [0.3, 0.4) is 0 Å². The highest BCUT2D eigenvalue weighted by Crippen LogP contribution is 2.52. The zero-order chi connectivity index (χ0) is 15.9. The van der Waals surface area contributed by atoms with Crippen LogP contribution in [0.2, 0.25) is 0 Å². The molecule has 0 bridgehead atoms. The fraction of sp³-hybridized carbons (Fsp3) is 0.778. The van der Waals surface area contributed by atoms with Crippen molar-refractivity contribution in [1.29, 1.82) is 0 Å². The Bertz CT molecular complexity index is 353. The van der Waals surface area contributed by atoms with E-state index in [0.717, 1.165) is 13.8 Å². The summed E-state index contributed by atoms with van der Waals surface area (Å²) in [7, 11) is -4.28. The van der Waals surface area contributed by atoms with E-state index in [2.05, 4.69) is 9.47 Å². The summed E-state index contributed by atoms with van der Waals surface area (Å²) >= 11 is 0. The van der Waals surface area contributed by atoms with E-state index >= 15 is 0 Å². The van der Waals surface area contributed by atoms with Crippen LogP contribution in [0.5, 0.6) is 0 Å². The monoisotopic (exact) mass is 316 g/mol. The van der Waals surface area contributed by atoms with Crippen molar-refractivity contribution in [2.45, 2.75) is 46.4 Å². The molecule has 11 heteroatoms. The minimum atomic E-state index is -4.28. The molecule has 0 fully saturated rings. The summed E-state index contributed by atoms with van der Waals surface area (Å²) in [6.07, 6.45) is -6.80. The molecule has 2 unspecified atom stereocenters. The number of phosphoric acid groups is 1. The van der Waals surface area contributed by atoms with Gasteiger partial charge in [-0.3, -0.25) is 4.52 Å². The van der Waals surface area contributed by atoms with E-state index in [-0.39, 0.29) is 0 Å². The second kappa shape index (κ2) is 8.05. The first kappa shape index (κ1) is 18.7. The molecule has 0 aliphatic carbocycles. The molecule has 118 valence electrons. The van der Waals surface area contributed by atoms with Gasteiger partial charge in [0.2, 0.25) is 12.6 Å². The van der Waals surface area contributed by atoms with Crippen molar-refractivity contribution in [2.24, 2.45) is 0 Å². The Morgan fingerprint density at radius 3 is 1.45 bits per heavy atom. The van der Waals surface area contributed by atoms with Gasteiger partial charge in [0.15, 0.2) is 0 Å². The molecule has 0 saturated carbocycles. The molecule has 0 radical (unpaired) electrons. The number of phosphoric ester groups is 1. The molecular formula is C9H17O10P. The SMILES string of the molecule is CC(C)OP(=O)(OC(C)OC(=O)O)OC(C)OC(=O)O. The summed E-state index contributed by atoms with van der Waals surface area (Å²) in [5, 5.41) is 16.8. The number of carbonyl (C=O) groups is 2. The third kappa shape index (κ3) is 8.70. The quantitative estimate of drug-likeness (QED) is 0.390. The first-order chi connectivity index (χ1) is 9.04. The Morgan fingerprint density at radius 1 is 0.850 bits per heavy atom. The lowest BCUT2D eigenvalue weighted by Crippen LogP contribution is -2.22. The smallest absolute Gasteiger partial charge is 0.450 e. The minimum Gasteiger partial charge on any atom is -0.450 e. The average Bonchev–Trinajstić information content (AvgIpc) is 2.09. The molecule has 0 aromatic carbocycles. The summed E-state index contributed by atoms with van der Waals surface area (Å²) in [5.41, 5.74) is 0. The third-order valence-corrected chi connectivity index (χ3v) is 3.22. The molecule has 0 rings (SSSR count). The van der Waals surface area contributed by atoms with E-state index in [1.807, 2.05) is 0 Å². The lowest BCUT2D eigenvalue weighted by Gasteiger charge is -2.24. The number of rotatable bonds is 8. The van der Waals surface area contributed by atoms with Gasteiger partial charge in [-0.05, 0) is 27.7 Å². The molecule has 2 atom stereocenters. The topological polar surface area (TPSA) is 138 Å². The molecule has 0 spiro atoms. The summed E-state index contributed by atoms with van der Waals surface area (Å²) in [5.74, 6) is 0. The fourth-order valence-corrected chi connectivity index (χ4v) is 2.50. The Balaban J connectivity index is 4.77. The molecule has 0 amide bonds. The largest absolute Gasteiger partial charge is 0.508 e. The predicted molar refractivity (Wildman–Crippen MR) is 63.1 cm³/mol. The van der Waals surface area contributed by atoms with Crippen LogP contribution in [0.1, 0.15) is 27.7 Å². The van der Waals surface area contributed by atoms with Gasteiger partial charge in [-0.2, -0.15) is 0 Å². The van der Waals surface area contributed by atoms with Gasteiger partial charge in [-0.25, -0.2) is 23.2 Å². The maximum atomic E-state index is 12.2. The molecular weight excluding hydrogens is 299 g/mol. The Morgan fingerprint density at radius 2 is 1.20 bits per heavy atom. The van der Waals surface area contributed by atoms with E-state index in [4.69, 9.17) is 23.8 Å². The van der Waals surface area contributed by atoms with E-state index in [0.29, 0.717) is 0 Å². The molecule has 0 aliphatic heterocycles. The Labute approximate surface area is 115 Å². The fourth-order valence-electron chi connectivity index (χ4n) is 1.02. The van der Waals surface area contributed by atoms with Crippen molar-refractivity contribution in [3.63, 3.8) is 0 Å². The highest BCUT2D eigenvalue weighted by Gasteiger charge is 2.35. The van der Waals surface area contributed by atoms with Gasteiger partial charge in [0.05, 0.1) is 6.10 Å². The minimum absolute atomic E-state index is 0.602. The molecule has 0 saturated heterocycles. The summed E-state index contributed by atoms with van der Waals surface area (Å²) in [6.45, 7) is 5.34. The van der Waals surface area contributed by atoms with Crippen LogP contribution in [0.4, 0.5) is 9.59 Å². The molecule has 0 aromatic rings. The van der Waals surface area contributed by atoms with Crippen LogP contribution in [0.25, 0.3) is 0 Å². The van der Waals surface area contributed by atoms with Gasteiger partial charge >= 0.3 is 20.1 Å². The first-order valence-corrected chi connectivity index (χ1v) is 6.94. The van der Waals surface area contributed by atoms with E-state index in [1.165, 1.54) is 13.8 Å². The van der Waals surface area contributed by atoms with Crippen molar-refractivity contribution >= 4 is 20.1 Å². The third-order valence-electron chi connectivity index (χ3n) is 1.43. The normalized spacial score (nSPS) is 17.1. The number of ether oxygens (including phenoxy) is 2. The predicted octanol–water partition coefficient (Wildman–Crippen LogP) is 2.63. The van der Waals surface area contributed by atoms with Crippen LogP contribution >= 0.6 is 7.82 Å². The molecule has 20 heavy (non-hydrogen) atoms. The highest BCUT2D eigenvalue weighted by molar-refractivity contribution is 7.48. The highest BCUT2D eigenvalue weighted by atomic mass is 31.2. The zero-order valence-corrected chi connectivity index (χ0v) is 12.2. The van der Waals surface area contributed by atoms with Crippen LogP contribution in [0, 0.1) is 0 Å². The lowest BCUT2D eigenvalue weighted by molar-refractivity contribution is -0.0977. The summed E-state index contributed by atoms with van der Waals surface area (Å²) < 4.78 is 35.0. The van der Waals surface area contributed by atoms with E-state index < -0.39 is 38.8 Å². The van der Waals surface area contributed by atoms with Crippen molar-refractivity contribution in [3.05, 3.63) is 0 Å². The number of carboxylic acid groups (broad SMARTS) is 2. The van der Waals surface area contributed by atoms with Crippen LogP contribution in [0.15, 0.2) is 0 Å². The summed E-state index contributed by atoms with van der Waals surface area (Å²) in [6, 6.07) is 0. The Kier molecular flexibility index (Phi) is 7.51. The van der Waals surface area contributed by atoms with Gasteiger partial charge in [-0.15, -0.1) is 0 Å². The second-order valence-corrected chi connectivity index (χ2v) is 5.24. The molecule has 10 nitrogen and oxygen atoms in total. The average molecular weight is 316 g/mol. The van der Waals surface area contributed by atoms with E-state index in [1.54, 1.807) is 0 Å². The zero-order valence-electron chi connectivity index (χ0n) is 11.3. The molecule has 0 aliphatic rings. The summed E-state index contributed by atoms with van der Waals surface area (Å²) in [4.78, 5) is 20.6. The first-order valence-electron chi connectivity index (χ1n) is 5.48. The lowest BCUT2D eigenvalue weighted by atomic mass is 10.5. The van der Waals surface area contributed by atoms with Crippen LogP contribution < -0.4 is 0 Å². The van der Waals surface area contributed by atoms with Gasteiger partial charge in [0, 0.05) is 0 Å². The molecule has 2 N–H and O–H groups in total. The standard InChI is InChI=1S/C9H17O10P/c1-5(2)17-20(14,18-6(3)15-8(10)11)19-7(4)16-9(12)13/h5-7H,1-4H3,(H,10,11)(H,12,13). The number of hydrogen-bond acceptors (Lipinski definition) is 8. The molecule has 0 heterocycles. The van der Waals surface area contributed by atoms with Crippen LogP contribution in [-0.4, -0.2) is 41.2 Å². The van der Waals surface area contributed by atoms with Crippen molar-refractivity contribution in [1.82, 2.24) is 0 Å². The van der Waals surface area contributed by atoms with E-state index in [9.17, 15) is 14.2 Å². The van der Waals surface area contributed by atoms with Gasteiger partial charge < -0.3 is 19.7 Å². The van der Waals surface area contributed by atoms with Gasteiger partial charge in [0.25, 0.3) is 0 Å². The maximum absolute atomic E-state index is 12.2.